The first-order valence-corrected chi connectivity index (χ1v) is 7.30. The minimum absolute atomic E-state index is 0. The number of carbonyl (C=O) groups is 1. The van der Waals surface area contributed by atoms with Gasteiger partial charge >= 0.3 is 0 Å². The number of halogens is 3. The highest BCUT2D eigenvalue weighted by Crippen LogP contribution is 2.25. The van der Waals surface area contributed by atoms with E-state index in [9.17, 15) is 13.6 Å². The van der Waals surface area contributed by atoms with Crippen LogP contribution in [-0.4, -0.2) is 52.3 Å². The molecule has 1 amide bonds. The molecule has 0 aromatic carbocycles. The molecule has 7 nitrogen and oxygen atoms in total. The first-order valence-electron chi connectivity index (χ1n) is 7.30. The number of rotatable bonds is 4. The summed E-state index contributed by atoms with van der Waals surface area (Å²) >= 11 is 0. The van der Waals surface area contributed by atoms with Gasteiger partial charge in [0, 0.05) is 26.0 Å². The van der Waals surface area contributed by atoms with Gasteiger partial charge in [0.25, 0.3) is 5.92 Å². The van der Waals surface area contributed by atoms with Crippen LogP contribution < -0.4 is 10.6 Å². The summed E-state index contributed by atoms with van der Waals surface area (Å²) in [7, 11) is 1.58. The molecule has 130 valence electrons. The van der Waals surface area contributed by atoms with Crippen molar-refractivity contribution in [2.75, 3.05) is 13.7 Å². The van der Waals surface area contributed by atoms with Crippen LogP contribution in [0.25, 0.3) is 0 Å². The highest BCUT2D eigenvalue weighted by Gasteiger charge is 2.42. The van der Waals surface area contributed by atoms with Gasteiger partial charge in [-0.25, -0.2) is 18.4 Å². The average molecular weight is 352 g/mol. The van der Waals surface area contributed by atoms with Crippen LogP contribution in [0.2, 0.25) is 0 Å². The van der Waals surface area contributed by atoms with Gasteiger partial charge in [0.15, 0.2) is 5.82 Å². The number of hydrogen-bond acceptors (Lipinski definition) is 5. The van der Waals surface area contributed by atoms with E-state index in [2.05, 4.69) is 20.7 Å². The van der Waals surface area contributed by atoms with E-state index in [1.807, 2.05) is 0 Å². The summed E-state index contributed by atoms with van der Waals surface area (Å²) in [5, 5.41) is 9.70. The molecular weight excluding hydrogens is 332 g/mol. The molecule has 0 radical (unpaired) electrons. The number of carbonyl (C=O) groups excluding carboxylic acids is 1. The molecule has 0 bridgehead atoms. The molecule has 2 atom stereocenters. The van der Waals surface area contributed by atoms with E-state index >= 15 is 0 Å². The van der Waals surface area contributed by atoms with Gasteiger partial charge in [0.2, 0.25) is 5.91 Å². The van der Waals surface area contributed by atoms with Crippen molar-refractivity contribution in [1.29, 1.82) is 0 Å². The number of alkyl halides is 2. The number of ether oxygens (including phenoxy) is 1. The molecule has 0 aliphatic carbocycles. The summed E-state index contributed by atoms with van der Waals surface area (Å²) in [4.78, 5) is 16.4. The molecule has 0 saturated carbocycles. The van der Waals surface area contributed by atoms with E-state index in [4.69, 9.17) is 4.74 Å². The number of nitrogens with one attached hydrogen (secondary N) is 2. The highest BCUT2D eigenvalue weighted by molar-refractivity contribution is 5.85. The van der Waals surface area contributed by atoms with Crippen LogP contribution in [0.4, 0.5) is 8.78 Å². The molecule has 2 unspecified atom stereocenters. The standard InChI is InChI=1S/C13H19F2N5O2.ClH/c1-22-6-10-18-11-3-2-8(5-20(11)19-10)17-12(21)9-4-13(14,15)7-16-9;/h8-9,16H,2-7H2,1H3,(H,17,21);1H. The van der Waals surface area contributed by atoms with Crippen LogP contribution in [-0.2, 0) is 29.1 Å². The van der Waals surface area contributed by atoms with E-state index < -0.39 is 24.9 Å². The third-order valence-corrected chi connectivity index (χ3v) is 3.95. The maximum absolute atomic E-state index is 13.1. The van der Waals surface area contributed by atoms with Gasteiger partial charge in [-0.3, -0.25) is 10.1 Å². The van der Waals surface area contributed by atoms with Crippen molar-refractivity contribution in [2.45, 2.75) is 50.4 Å². The normalized spacial score (nSPS) is 25.5. The lowest BCUT2D eigenvalue weighted by Crippen LogP contribution is -2.48. The predicted molar refractivity (Wildman–Crippen MR) is 79.6 cm³/mol. The smallest absolute Gasteiger partial charge is 0.262 e. The van der Waals surface area contributed by atoms with Crippen molar-refractivity contribution in [2.24, 2.45) is 0 Å². The zero-order valence-corrected chi connectivity index (χ0v) is 13.5. The minimum atomic E-state index is -2.80. The fourth-order valence-electron chi connectivity index (χ4n) is 2.87. The Bertz CT molecular complexity index is 569. The van der Waals surface area contributed by atoms with E-state index in [1.54, 1.807) is 11.8 Å². The molecule has 3 heterocycles. The van der Waals surface area contributed by atoms with E-state index in [0.717, 1.165) is 12.2 Å². The predicted octanol–water partition coefficient (Wildman–Crippen LogP) is 0.274. The topological polar surface area (TPSA) is 81.1 Å². The third kappa shape index (κ3) is 4.15. The Morgan fingerprint density at radius 2 is 2.35 bits per heavy atom. The van der Waals surface area contributed by atoms with Crippen molar-refractivity contribution in [3.8, 4) is 0 Å². The number of hydrogen-bond donors (Lipinski definition) is 2. The number of amides is 1. The molecule has 23 heavy (non-hydrogen) atoms. The van der Waals surface area contributed by atoms with Crippen molar-refractivity contribution in [3.05, 3.63) is 11.6 Å². The van der Waals surface area contributed by atoms with Gasteiger partial charge in [0.05, 0.1) is 19.1 Å². The Hall–Kier alpha value is -1.32. The van der Waals surface area contributed by atoms with Crippen LogP contribution in [0.5, 0.6) is 0 Å². The van der Waals surface area contributed by atoms with Crippen molar-refractivity contribution < 1.29 is 18.3 Å². The molecule has 10 heteroatoms. The zero-order valence-electron chi connectivity index (χ0n) is 12.7. The van der Waals surface area contributed by atoms with Gasteiger partial charge in [0.1, 0.15) is 12.4 Å². The van der Waals surface area contributed by atoms with Crippen molar-refractivity contribution >= 4 is 18.3 Å². The molecule has 1 fully saturated rings. The summed E-state index contributed by atoms with van der Waals surface area (Å²) < 4.78 is 33.0. The summed E-state index contributed by atoms with van der Waals surface area (Å²) in [6.07, 6.45) is 0.966. The van der Waals surface area contributed by atoms with Crippen LogP contribution in [0.3, 0.4) is 0 Å². The Kier molecular flexibility index (Phi) is 5.53. The first-order chi connectivity index (χ1) is 10.5. The summed E-state index contributed by atoms with van der Waals surface area (Å²) in [5.41, 5.74) is 0. The lowest BCUT2D eigenvalue weighted by Gasteiger charge is -2.24. The maximum Gasteiger partial charge on any atom is 0.262 e. The summed E-state index contributed by atoms with van der Waals surface area (Å²) in [6, 6.07) is -0.940. The largest absolute Gasteiger partial charge is 0.377 e. The lowest BCUT2D eigenvalue weighted by atomic mass is 10.1. The van der Waals surface area contributed by atoms with Gasteiger partial charge in [-0.2, -0.15) is 5.10 Å². The molecule has 2 aliphatic heterocycles. The number of aryl methyl sites for hydroxylation is 1. The van der Waals surface area contributed by atoms with Crippen LogP contribution >= 0.6 is 12.4 Å². The molecule has 0 spiro atoms. The number of methoxy groups -OCH3 is 1. The lowest BCUT2D eigenvalue weighted by molar-refractivity contribution is -0.124. The molecule has 1 saturated heterocycles. The Balaban J connectivity index is 0.00000192. The van der Waals surface area contributed by atoms with E-state index in [1.165, 1.54) is 0 Å². The number of fused-ring (bicyclic) bond motifs is 1. The number of nitrogens with zero attached hydrogens (tertiary/aromatic N) is 3. The van der Waals surface area contributed by atoms with Gasteiger partial charge < -0.3 is 10.1 Å². The molecular formula is C13H20ClF2N5O2. The van der Waals surface area contributed by atoms with Gasteiger partial charge in [-0.05, 0) is 6.42 Å². The second-order valence-corrected chi connectivity index (χ2v) is 5.80. The van der Waals surface area contributed by atoms with Gasteiger partial charge in [-0.15, -0.1) is 12.4 Å². The van der Waals surface area contributed by atoms with E-state index in [0.29, 0.717) is 25.4 Å². The summed E-state index contributed by atoms with van der Waals surface area (Å²) in [6.45, 7) is 0.405. The SMILES string of the molecule is COCc1nc2n(n1)CC(NC(=O)C1CC(F)(F)CN1)CC2.Cl. The Morgan fingerprint density at radius 1 is 1.57 bits per heavy atom. The van der Waals surface area contributed by atoms with Gasteiger partial charge in [-0.1, -0.05) is 0 Å². The second-order valence-electron chi connectivity index (χ2n) is 5.80. The zero-order chi connectivity index (χ0) is 15.7. The Morgan fingerprint density at radius 3 is 3.00 bits per heavy atom. The monoisotopic (exact) mass is 351 g/mol. The molecule has 3 rings (SSSR count). The maximum atomic E-state index is 13.1. The quantitative estimate of drug-likeness (QED) is 0.814. The fourth-order valence-corrected chi connectivity index (χ4v) is 2.87. The minimum Gasteiger partial charge on any atom is -0.377 e. The van der Waals surface area contributed by atoms with E-state index in [-0.39, 0.29) is 24.4 Å². The van der Waals surface area contributed by atoms with Crippen molar-refractivity contribution in [1.82, 2.24) is 25.4 Å². The molecule has 1 aromatic rings. The van der Waals surface area contributed by atoms with Crippen molar-refractivity contribution in [3.63, 3.8) is 0 Å². The van der Waals surface area contributed by atoms with Crippen LogP contribution in [0.1, 0.15) is 24.5 Å². The third-order valence-electron chi connectivity index (χ3n) is 3.95. The first kappa shape index (κ1) is 18.0. The average Bonchev–Trinajstić information content (AvgIpc) is 3.01. The van der Waals surface area contributed by atoms with Crippen LogP contribution in [0, 0.1) is 0 Å². The molecule has 2 N–H and O–H groups in total. The second kappa shape index (κ2) is 7.06. The fraction of sp³-hybridized carbons (Fsp3) is 0.769. The highest BCUT2D eigenvalue weighted by atomic mass is 35.5. The van der Waals surface area contributed by atoms with Crippen LogP contribution in [0.15, 0.2) is 0 Å². The number of aromatic nitrogens is 3. The summed E-state index contributed by atoms with van der Waals surface area (Å²) in [5.74, 6) is -1.70. The Labute approximate surface area is 138 Å². The molecule has 1 aromatic heterocycles. The molecule has 2 aliphatic rings.